The number of hydrogen-bond donors (Lipinski definition) is 6. The minimum atomic E-state index is -1.15. The Bertz CT molecular complexity index is 1090. The predicted molar refractivity (Wildman–Crippen MR) is 133 cm³/mol. The van der Waals surface area contributed by atoms with Crippen LogP contribution >= 0.6 is 0 Å². The van der Waals surface area contributed by atoms with Crippen molar-refractivity contribution in [1.82, 2.24) is 21.3 Å². The van der Waals surface area contributed by atoms with Crippen LogP contribution in [0.5, 0.6) is 5.75 Å². The van der Waals surface area contributed by atoms with Gasteiger partial charge in [-0.1, -0.05) is 24.3 Å². The number of aryl methyl sites for hydroxylation is 1. The topological polar surface area (TPSA) is 140 Å². The fourth-order valence-electron chi connectivity index (χ4n) is 4.26. The average molecular weight is 483 g/mol. The molecule has 9 nitrogen and oxygen atoms in total. The molecule has 3 atom stereocenters. The molecule has 0 aliphatic carbocycles. The predicted octanol–water partition coefficient (Wildman–Crippen LogP) is 1.11. The van der Waals surface area contributed by atoms with E-state index in [1.54, 1.807) is 26.2 Å². The molecule has 2 amide bonds. The summed E-state index contributed by atoms with van der Waals surface area (Å²) < 4.78 is 0. The maximum absolute atomic E-state index is 13.1. The van der Waals surface area contributed by atoms with Gasteiger partial charge in [-0.3, -0.25) is 9.59 Å². The van der Waals surface area contributed by atoms with Crippen LogP contribution < -0.4 is 21.3 Å². The van der Waals surface area contributed by atoms with Gasteiger partial charge in [-0.05, 0) is 80.4 Å². The number of nitrogens with one attached hydrogen (secondary N) is 4. The molecule has 2 aromatic carbocycles. The van der Waals surface area contributed by atoms with Crippen LogP contribution in [-0.4, -0.2) is 66.8 Å². The van der Waals surface area contributed by atoms with Crippen LogP contribution in [0.3, 0.4) is 0 Å². The number of aliphatic carboxylic acids is 1. The molecule has 35 heavy (non-hydrogen) atoms. The van der Waals surface area contributed by atoms with Crippen molar-refractivity contribution in [3.8, 4) is 16.9 Å². The number of aromatic hydroxyl groups is 1. The molecule has 3 rings (SSSR count). The Kier molecular flexibility index (Phi) is 8.84. The van der Waals surface area contributed by atoms with Crippen LogP contribution in [0.15, 0.2) is 36.4 Å². The lowest BCUT2D eigenvalue weighted by Gasteiger charge is -2.24. The first-order valence-corrected chi connectivity index (χ1v) is 11.8. The quantitative estimate of drug-likeness (QED) is 0.339. The maximum Gasteiger partial charge on any atom is 0.326 e. The van der Waals surface area contributed by atoms with E-state index in [-0.39, 0.29) is 18.6 Å². The van der Waals surface area contributed by atoms with E-state index < -0.39 is 35.9 Å². The Morgan fingerprint density at radius 3 is 2.34 bits per heavy atom. The molecule has 9 heteroatoms. The summed E-state index contributed by atoms with van der Waals surface area (Å²) >= 11 is 0. The van der Waals surface area contributed by atoms with Crippen molar-refractivity contribution >= 4 is 17.8 Å². The van der Waals surface area contributed by atoms with Crippen molar-refractivity contribution < 1.29 is 24.6 Å². The van der Waals surface area contributed by atoms with Crippen LogP contribution in [0.4, 0.5) is 0 Å². The fourth-order valence-corrected chi connectivity index (χ4v) is 4.26. The van der Waals surface area contributed by atoms with E-state index in [4.69, 9.17) is 0 Å². The summed E-state index contributed by atoms with van der Waals surface area (Å²) in [6, 6.07) is 8.23. The maximum atomic E-state index is 13.1. The number of carbonyl (C=O) groups is 3. The molecule has 0 spiro atoms. The molecule has 0 radical (unpaired) electrons. The second-order valence-electron chi connectivity index (χ2n) is 8.94. The molecule has 1 heterocycles. The first-order chi connectivity index (χ1) is 16.7. The van der Waals surface area contributed by atoms with Gasteiger partial charge in [0, 0.05) is 12.8 Å². The highest BCUT2D eigenvalue weighted by atomic mass is 16.4. The lowest BCUT2D eigenvalue weighted by Crippen LogP contribution is -2.55. The third kappa shape index (κ3) is 6.58. The lowest BCUT2D eigenvalue weighted by molar-refractivity contribution is -0.142. The highest BCUT2D eigenvalue weighted by Crippen LogP contribution is 2.29. The van der Waals surface area contributed by atoms with Crippen LogP contribution in [0.25, 0.3) is 11.1 Å². The number of likely N-dealkylation sites (N-methyl/N-ethyl adjacent to an activating group) is 1. The Labute approximate surface area is 205 Å². The number of fused-ring (bicyclic) bond motifs is 5. The van der Waals surface area contributed by atoms with E-state index in [1.807, 2.05) is 31.2 Å². The highest BCUT2D eigenvalue weighted by Gasteiger charge is 2.29. The minimum Gasteiger partial charge on any atom is -0.508 e. The molecule has 0 saturated carbocycles. The first-order valence-electron chi connectivity index (χ1n) is 11.8. The Hall–Kier alpha value is -3.43. The molecule has 4 bridgehead atoms. The van der Waals surface area contributed by atoms with E-state index in [0.29, 0.717) is 24.9 Å². The summed E-state index contributed by atoms with van der Waals surface area (Å²) in [6.45, 7) is 2.54. The summed E-state index contributed by atoms with van der Waals surface area (Å²) in [5.74, 6) is -2.01. The fraction of sp³-hybridized carbons (Fsp3) is 0.423. The smallest absolute Gasteiger partial charge is 0.326 e. The number of hydrogen-bond acceptors (Lipinski definition) is 6. The third-order valence-electron chi connectivity index (χ3n) is 6.44. The number of phenols is 1. The van der Waals surface area contributed by atoms with Crippen LogP contribution in [0, 0.1) is 6.92 Å². The zero-order valence-electron chi connectivity index (χ0n) is 20.4. The molecule has 6 N–H and O–H groups in total. The van der Waals surface area contributed by atoms with Crippen molar-refractivity contribution in [3.63, 3.8) is 0 Å². The molecule has 1 aliphatic rings. The van der Waals surface area contributed by atoms with Crippen molar-refractivity contribution in [3.05, 3.63) is 53.1 Å². The molecule has 188 valence electrons. The second-order valence-corrected chi connectivity index (χ2v) is 8.94. The van der Waals surface area contributed by atoms with Gasteiger partial charge < -0.3 is 31.5 Å². The Morgan fingerprint density at radius 1 is 1.00 bits per heavy atom. The van der Waals surface area contributed by atoms with Gasteiger partial charge in [-0.25, -0.2) is 4.79 Å². The SMILES string of the molecule is CNCCC[C@@H]1NC(=O)[C@@H](NC)Cc2cc(ccc2O)-c2ccc(C)c(c2)C[C@@H](C(=O)O)NC1=O. The van der Waals surface area contributed by atoms with E-state index in [1.165, 1.54) is 0 Å². The zero-order valence-corrected chi connectivity index (χ0v) is 20.4. The van der Waals surface area contributed by atoms with Gasteiger partial charge in [0.15, 0.2) is 0 Å². The molecule has 0 fully saturated rings. The van der Waals surface area contributed by atoms with E-state index in [0.717, 1.165) is 22.3 Å². The normalized spacial score (nSPS) is 20.8. The number of amides is 2. The third-order valence-corrected chi connectivity index (χ3v) is 6.44. The molecule has 2 aromatic rings. The second kappa shape index (κ2) is 11.8. The minimum absolute atomic E-state index is 0.0766. The number of carbonyl (C=O) groups excluding carboxylic acids is 2. The number of benzene rings is 2. The number of phenolic OH excluding ortho intramolecular Hbond substituents is 1. The monoisotopic (exact) mass is 482 g/mol. The van der Waals surface area contributed by atoms with E-state index >= 15 is 0 Å². The molecular weight excluding hydrogens is 448 g/mol. The van der Waals surface area contributed by atoms with Gasteiger partial charge in [0.2, 0.25) is 11.8 Å². The van der Waals surface area contributed by atoms with Crippen molar-refractivity contribution in [1.29, 1.82) is 0 Å². The summed E-state index contributed by atoms with van der Waals surface area (Å²) in [7, 11) is 3.44. The molecule has 0 saturated heterocycles. The number of carboxylic acid groups (broad SMARTS) is 1. The highest BCUT2D eigenvalue weighted by molar-refractivity contribution is 5.92. The van der Waals surface area contributed by atoms with Crippen LogP contribution in [0.2, 0.25) is 0 Å². The van der Waals surface area contributed by atoms with Crippen LogP contribution in [0.1, 0.15) is 29.5 Å². The summed E-state index contributed by atoms with van der Waals surface area (Å²) in [5, 5.41) is 31.7. The zero-order chi connectivity index (χ0) is 25.5. The van der Waals surface area contributed by atoms with Gasteiger partial charge in [-0.2, -0.15) is 0 Å². The summed E-state index contributed by atoms with van der Waals surface area (Å²) in [6.07, 6.45) is 1.27. The largest absolute Gasteiger partial charge is 0.508 e. The van der Waals surface area contributed by atoms with Crippen LogP contribution in [-0.2, 0) is 27.2 Å². The summed E-state index contributed by atoms with van der Waals surface area (Å²) in [4.78, 5) is 38.3. The molecular formula is C26H34N4O5. The van der Waals surface area contributed by atoms with Gasteiger partial charge in [-0.15, -0.1) is 0 Å². The average Bonchev–Trinajstić information content (AvgIpc) is 2.83. The standard InChI is InChI=1S/C26H34N4O5/c1-15-6-7-16-11-18(15)13-22(26(34)35)30-24(32)20(5-4-10-27-2)29-25(33)21(28-3)14-19-12-17(16)8-9-23(19)31/h6-9,11-12,20-22,27-28,31H,4-5,10,13-14H2,1-3H3,(H,29,33)(H,30,32)(H,34,35)/t20-,21-,22-/m0/s1. The van der Waals surface area contributed by atoms with Gasteiger partial charge in [0.25, 0.3) is 0 Å². The van der Waals surface area contributed by atoms with E-state index in [2.05, 4.69) is 21.3 Å². The van der Waals surface area contributed by atoms with Crippen molar-refractivity contribution in [2.75, 3.05) is 20.6 Å². The molecule has 0 aromatic heterocycles. The van der Waals surface area contributed by atoms with Gasteiger partial charge in [0.05, 0.1) is 6.04 Å². The van der Waals surface area contributed by atoms with Gasteiger partial charge in [0.1, 0.15) is 17.8 Å². The van der Waals surface area contributed by atoms with Crippen molar-refractivity contribution in [2.45, 2.75) is 50.7 Å². The Morgan fingerprint density at radius 2 is 1.69 bits per heavy atom. The van der Waals surface area contributed by atoms with Gasteiger partial charge >= 0.3 is 5.97 Å². The number of carboxylic acids is 1. The van der Waals surface area contributed by atoms with Crippen molar-refractivity contribution in [2.24, 2.45) is 0 Å². The molecule has 1 aliphatic heterocycles. The number of rotatable bonds is 6. The first kappa shape index (κ1) is 26.2. The lowest BCUT2D eigenvalue weighted by atomic mass is 9.93. The van der Waals surface area contributed by atoms with E-state index in [9.17, 15) is 24.6 Å². The molecule has 0 unspecified atom stereocenters. The Balaban J connectivity index is 2.08. The summed E-state index contributed by atoms with van der Waals surface area (Å²) in [5.41, 5.74) is 3.99.